The Balaban J connectivity index is 1.55. The number of fused-ring (bicyclic) bond motifs is 2. The molecule has 5 aromatic rings. The van der Waals surface area contributed by atoms with Gasteiger partial charge in [0.1, 0.15) is 0 Å². The third-order valence-electron chi connectivity index (χ3n) is 8.40. The molecule has 1 aliphatic heterocycles. The van der Waals surface area contributed by atoms with Crippen LogP contribution in [0, 0.1) is 18.3 Å². The maximum Gasteiger partial charge on any atom is 0.338 e. The van der Waals surface area contributed by atoms with Gasteiger partial charge in [-0.1, -0.05) is 53.8 Å². The Bertz CT molecular complexity index is 2320. The van der Waals surface area contributed by atoms with E-state index in [-0.39, 0.29) is 18.3 Å². The fourth-order valence-electron chi connectivity index (χ4n) is 6.22. The van der Waals surface area contributed by atoms with E-state index >= 15 is 0 Å². The molecule has 3 aromatic carbocycles. The Hall–Kier alpha value is -5.40. The summed E-state index contributed by atoms with van der Waals surface area (Å²) >= 11 is 1.28. The number of para-hydroxylation sites is 1. The number of carbonyl (C=O) groups is 1. The molecule has 0 fully saturated rings. The van der Waals surface area contributed by atoms with Crippen molar-refractivity contribution in [3.8, 4) is 17.6 Å². The number of carbonyl (C=O) groups excluding carboxylic acids is 1. The minimum absolute atomic E-state index is 0.0739. The van der Waals surface area contributed by atoms with Crippen molar-refractivity contribution in [2.75, 3.05) is 13.7 Å². The van der Waals surface area contributed by atoms with Gasteiger partial charge in [0.05, 0.1) is 53.3 Å². The van der Waals surface area contributed by atoms with Crippen LogP contribution in [0.25, 0.3) is 17.0 Å². The van der Waals surface area contributed by atoms with Gasteiger partial charge in [0.2, 0.25) is 0 Å². The number of hydrogen-bond donors (Lipinski definition) is 0. The number of nitriles is 1. The van der Waals surface area contributed by atoms with Gasteiger partial charge in [-0.15, -0.1) is 0 Å². The van der Waals surface area contributed by atoms with Crippen LogP contribution in [-0.2, 0) is 16.1 Å². The van der Waals surface area contributed by atoms with Crippen LogP contribution in [0.15, 0.2) is 87.8 Å². The molecule has 1 atom stereocenters. The van der Waals surface area contributed by atoms with E-state index in [1.807, 2.05) is 81.4 Å². The van der Waals surface area contributed by atoms with Crippen LogP contribution < -0.4 is 24.4 Å². The standard InChI is InChI=1S/C38H36N4O5S/c1-7-46-37(44)34-23(4)40-38-42(35(34)25-16-17-31(47-22(2)3)32(18-25)45-6)36(43)33(48-38)19-29-24(5)41(30-15-11-10-14-28(29)30)21-27-13-9-8-12-26(27)20-39/h8-19,22,35H,7,21H2,1-6H3/b33-19+/t35-/m0/s1. The summed E-state index contributed by atoms with van der Waals surface area (Å²) in [7, 11) is 1.56. The Kier molecular flexibility index (Phi) is 9.07. The van der Waals surface area contributed by atoms with Gasteiger partial charge in [-0.2, -0.15) is 5.26 Å². The molecule has 0 amide bonds. The fraction of sp³-hybridized carbons (Fsp3) is 0.263. The van der Waals surface area contributed by atoms with Crippen LogP contribution in [-0.4, -0.2) is 34.9 Å². The number of nitrogens with zero attached hydrogens (tertiary/aromatic N) is 4. The quantitative estimate of drug-likeness (QED) is 0.186. The highest BCUT2D eigenvalue weighted by Crippen LogP contribution is 2.37. The molecule has 244 valence electrons. The van der Waals surface area contributed by atoms with Crippen molar-refractivity contribution < 1.29 is 19.0 Å². The summed E-state index contributed by atoms with van der Waals surface area (Å²) in [6.45, 7) is 10.1. The Morgan fingerprint density at radius 2 is 1.83 bits per heavy atom. The number of methoxy groups -OCH3 is 1. The molecule has 6 rings (SSSR count). The Morgan fingerprint density at radius 3 is 2.56 bits per heavy atom. The van der Waals surface area contributed by atoms with Crippen LogP contribution in [0.5, 0.6) is 11.5 Å². The summed E-state index contributed by atoms with van der Waals surface area (Å²) < 4.78 is 21.3. The molecule has 10 heteroatoms. The van der Waals surface area contributed by atoms with Gasteiger partial charge in [0, 0.05) is 28.7 Å². The molecule has 0 saturated heterocycles. The molecule has 3 heterocycles. The van der Waals surface area contributed by atoms with Gasteiger partial charge in [0.15, 0.2) is 16.3 Å². The molecular formula is C38H36N4O5S. The van der Waals surface area contributed by atoms with Crippen molar-refractivity contribution in [2.24, 2.45) is 4.99 Å². The first-order valence-electron chi connectivity index (χ1n) is 15.8. The maximum absolute atomic E-state index is 14.4. The topological polar surface area (TPSA) is 108 Å². The van der Waals surface area contributed by atoms with Gasteiger partial charge in [-0.05, 0) is 76.1 Å². The molecule has 0 unspecified atom stereocenters. The summed E-state index contributed by atoms with van der Waals surface area (Å²) in [5.41, 5.74) is 5.56. The zero-order chi connectivity index (χ0) is 34.1. The highest BCUT2D eigenvalue weighted by atomic mass is 32.1. The Labute approximate surface area is 282 Å². The predicted octanol–water partition coefficient (Wildman–Crippen LogP) is 5.78. The van der Waals surface area contributed by atoms with Gasteiger partial charge in [0.25, 0.3) is 5.56 Å². The zero-order valence-corrected chi connectivity index (χ0v) is 28.6. The van der Waals surface area contributed by atoms with Crippen LogP contribution in [0.3, 0.4) is 0 Å². The molecule has 48 heavy (non-hydrogen) atoms. The highest BCUT2D eigenvalue weighted by Gasteiger charge is 2.34. The molecule has 1 aliphatic rings. The second-order valence-corrected chi connectivity index (χ2v) is 12.8. The first kappa shape index (κ1) is 32.5. The Morgan fingerprint density at radius 1 is 1.08 bits per heavy atom. The molecule has 0 radical (unpaired) electrons. The minimum Gasteiger partial charge on any atom is -0.493 e. The fourth-order valence-corrected chi connectivity index (χ4v) is 7.25. The van der Waals surface area contributed by atoms with Crippen molar-refractivity contribution in [3.05, 3.63) is 126 Å². The number of hydrogen-bond acceptors (Lipinski definition) is 8. The monoisotopic (exact) mass is 660 g/mol. The van der Waals surface area contributed by atoms with Gasteiger partial charge in [-0.25, -0.2) is 9.79 Å². The van der Waals surface area contributed by atoms with Crippen molar-refractivity contribution in [1.82, 2.24) is 9.13 Å². The van der Waals surface area contributed by atoms with Crippen LogP contribution >= 0.6 is 11.3 Å². The van der Waals surface area contributed by atoms with Crippen molar-refractivity contribution in [3.63, 3.8) is 0 Å². The number of ether oxygens (including phenoxy) is 3. The maximum atomic E-state index is 14.4. The number of esters is 1. The molecule has 2 aromatic heterocycles. The number of benzene rings is 3. The normalized spacial score (nSPS) is 14.5. The highest BCUT2D eigenvalue weighted by molar-refractivity contribution is 7.07. The SMILES string of the molecule is CCOC(=O)C1=C(C)N=c2s/c(=C/c3c(C)n(Cc4ccccc4C#N)c4ccccc34)c(=O)n2[C@H]1c1ccc(OC(C)C)c(OC)c1. The van der Waals surface area contributed by atoms with Crippen LogP contribution in [0.1, 0.15) is 61.7 Å². The van der Waals surface area contributed by atoms with Crippen LogP contribution in [0.4, 0.5) is 0 Å². The van der Waals surface area contributed by atoms with Crippen molar-refractivity contribution in [1.29, 1.82) is 5.26 Å². The second kappa shape index (κ2) is 13.4. The van der Waals surface area contributed by atoms with E-state index in [9.17, 15) is 14.9 Å². The largest absolute Gasteiger partial charge is 0.493 e. The van der Waals surface area contributed by atoms with E-state index in [0.29, 0.717) is 49.8 Å². The van der Waals surface area contributed by atoms with Crippen LogP contribution in [0.2, 0.25) is 0 Å². The lowest BCUT2D eigenvalue weighted by atomic mass is 9.95. The van der Waals surface area contributed by atoms with E-state index in [1.165, 1.54) is 11.3 Å². The summed E-state index contributed by atoms with van der Waals surface area (Å²) in [5.74, 6) is 0.518. The third-order valence-corrected chi connectivity index (χ3v) is 9.39. The second-order valence-electron chi connectivity index (χ2n) is 11.8. The average Bonchev–Trinajstić information content (AvgIpc) is 3.52. The molecule has 9 nitrogen and oxygen atoms in total. The molecular weight excluding hydrogens is 625 g/mol. The van der Waals surface area contributed by atoms with Gasteiger partial charge in [-0.3, -0.25) is 9.36 Å². The van der Waals surface area contributed by atoms with E-state index in [4.69, 9.17) is 19.2 Å². The summed E-state index contributed by atoms with van der Waals surface area (Å²) in [4.78, 5) is 33.1. The van der Waals surface area contributed by atoms with Crippen molar-refractivity contribution in [2.45, 2.75) is 53.3 Å². The van der Waals surface area contributed by atoms with Gasteiger partial charge >= 0.3 is 5.97 Å². The number of rotatable bonds is 9. The first-order chi connectivity index (χ1) is 23.2. The lowest BCUT2D eigenvalue weighted by Crippen LogP contribution is -2.40. The number of aromatic nitrogens is 2. The summed E-state index contributed by atoms with van der Waals surface area (Å²) in [6.07, 6.45) is 1.84. The van der Waals surface area contributed by atoms with E-state index < -0.39 is 12.0 Å². The molecule has 0 N–H and O–H groups in total. The third kappa shape index (κ3) is 5.82. The average molecular weight is 661 g/mol. The molecule has 0 bridgehead atoms. The summed E-state index contributed by atoms with van der Waals surface area (Å²) in [6, 6.07) is 22.6. The molecule has 0 saturated carbocycles. The van der Waals surface area contributed by atoms with E-state index in [0.717, 1.165) is 27.7 Å². The molecule has 0 spiro atoms. The van der Waals surface area contributed by atoms with Gasteiger partial charge < -0.3 is 18.8 Å². The number of allylic oxidation sites excluding steroid dienone is 1. The summed E-state index contributed by atoms with van der Waals surface area (Å²) in [5, 5.41) is 10.7. The van der Waals surface area contributed by atoms with E-state index in [2.05, 4.69) is 10.6 Å². The lowest BCUT2D eigenvalue weighted by molar-refractivity contribution is -0.139. The molecule has 0 aliphatic carbocycles. The first-order valence-corrected chi connectivity index (χ1v) is 16.6. The van der Waals surface area contributed by atoms with E-state index in [1.54, 1.807) is 37.7 Å². The predicted molar refractivity (Wildman–Crippen MR) is 186 cm³/mol. The smallest absolute Gasteiger partial charge is 0.338 e. The lowest BCUT2D eigenvalue weighted by Gasteiger charge is -2.25. The zero-order valence-electron chi connectivity index (χ0n) is 27.7. The van der Waals surface area contributed by atoms with Crippen molar-refractivity contribution >= 4 is 34.3 Å². The minimum atomic E-state index is -0.797. The number of thiazole rings is 1.